The number of carbonyl (C=O) groups excluding carboxylic acids is 2. The minimum absolute atomic E-state index is 0.0173. The van der Waals surface area contributed by atoms with Gasteiger partial charge in [0.15, 0.2) is 11.6 Å². The maximum absolute atomic E-state index is 13.1. The van der Waals surface area contributed by atoms with E-state index in [1.807, 2.05) is 30.3 Å². The number of aryl methyl sites for hydroxylation is 1. The summed E-state index contributed by atoms with van der Waals surface area (Å²) in [6, 6.07) is 26.8. The molecule has 188 valence electrons. The number of hydrogen-bond donors (Lipinski definition) is 1. The highest BCUT2D eigenvalue weighted by Crippen LogP contribution is 2.39. The van der Waals surface area contributed by atoms with Gasteiger partial charge in [0.25, 0.3) is 0 Å². The molecule has 7 heteroatoms. The summed E-state index contributed by atoms with van der Waals surface area (Å²) in [7, 11) is 0. The lowest BCUT2D eigenvalue weighted by Gasteiger charge is -2.04. The van der Waals surface area contributed by atoms with Crippen LogP contribution in [0.2, 0.25) is 0 Å². The third kappa shape index (κ3) is 3.70. The molecule has 0 radical (unpaired) electrons. The number of fused-ring (bicyclic) bond motifs is 4. The van der Waals surface area contributed by atoms with Gasteiger partial charge in [-0.15, -0.1) is 22.7 Å². The summed E-state index contributed by atoms with van der Waals surface area (Å²) >= 11 is 3.53. The number of thiophene rings is 2. The second kappa shape index (κ2) is 8.73. The van der Waals surface area contributed by atoms with E-state index in [0.29, 0.717) is 0 Å². The molecular formula is C32H19NO4S2. The molecule has 3 aromatic heterocycles. The fourth-order valence-electron chi connectivity index (χ4n) is 5.22. The summed E-state index contributed by atoms with van der Waals surface area (Å²) in [4.78, 5) is 41.2. The zero-order chi connectivity index (χ0) is 26.8. The predicted molar refractivity (Wildman–Crippen MR) is 157 cm³/mol. The van der Waals surface area contributed by atoms with Gasteiger partial charge in [-0.3, -0.25) is 9.59 Å². The van der Waals surface area contributed by atoms with Crippen LogP contribution in [0.15, 0.2) is 90.5 Å². The number of carboxylic acids is 1. The molecule has 39 heavy (non-hydrogen) atoms. The van der Waals surface area contributed by atoms with Gasteiger partial charge >= 0.3 is 5.97 Å². The Hall–Kier alpha value is -4.59. The van der Waals surface area contributed by atoms with Crippen LogP contribution in [0.3, 0.4) is 0 Å². The molecule has 7 rings (SSSR count). The van der Waals surface area contributed by atoms with E-state index in [-0.39, 0.29) is 28.0 Å². The molecule has 3 heterocycles. The smallest absolute Gasteiger partial charge is 0.335 e. The van der Waals surface area contributed by atoms with Crippen LogP contribution in [0, 0.1) is 6.92 Å². The standard InChI is InChI=1S/C32H19NO4S2/c1-17-6-11-27(38-17)28-12-13-29(39-28)33-25-5-3-2-4-20(25)22-14-18(7-10-26(22)33)15-24-30(34)21-9-8-19(32(36)37)16-23(21)31(24)35/h2-16H,1H3,(H,36,37)/b24-15-. The Bertz CT molecular complexity index is 2050. The summed E-state index contributed by atoms with van der Waals surface area (Å²) in [5.41, 5.74) is 3.25. The fourth-order valence-corrected chi connectivity index (χ4v) is 7.21. The van der Waals surface area contributed by atoms with E-state index in [1.165, 1.54) is 32.8 Å². The fraction of sp³-hybridized carbons (Fsp3) is 0.0312. The van der Waals surface area contributed by atoms with Crippen molar-refractivity contribution < 1.29 is 19.5 Å². The molecule has 0 fully saturated rings. The Balaban J connectivity index is 1.34. The minimum atomic E-state index is -1.14. The highest BCUT2D eigenvalue weighted by atomic mass is 32.1. The average Bonchev–Trinajstić information content (AvgIpc) is 3.71. The Labute approximate surface area is 230 Å². The molecule has 1 aliphatic carbocycles. The number of ketones is 2. The number of aromatic nitrogens is 1. The van der Waals surface area contributed by atoms with Crippen LogP contribution in [-0.4, -0.2) is 27.2 Å². The van der Waals surface area contributed by atoms with Crippen molar-refractivity contribution in [3.05, 3.63) is 118 Å². The number of carboxylic acid groups (broad SMARTS) is 1. The summed E-state index contributed by atoms with van der Waals surface area (Å²) in [6.07, 6.45) is 1.61. The summed E-state index contributed by atoms with van der Waals surface area (Å²) in [5.74, 6) is -1.97. The molecule has 6 aromatic rings. The highest BCUT2D eigenvalue weighted by Gasteiger charge is 2.33. The van der Waals surface area contributed by atoms with Gasteiger partial charge in [-0.25, -0.2) is 4.79 Å². The van der Waals surface area contributed by atoms with Gasteiger partial charge in [0.1, 0.15) is 5.00 Å². The number of nitrogens with zero attached hydrogens (tertiary/aromatic N) is 1. The summed E-state index contributed by atoms with van der Waals surface area (Å²) < 4.78 is 2.26. The molecule has 0 saturated heterocycles. The Morgan fingerprint density at radius 1 is 0.769 bits per heavy atom. The van der Waals surface area contributed by atoms with Crippen molar-refractivity contribution in [3.63, 3.8) is 0 Å². The number of Topliss-reactive ketones (excluding diaryl/α,β-unsaturated/α-hetero) is 2. The molecule has 3 aromatic carbocycles. The number of para-hydroxylation sites is 1. The lowest BCUT2D eigenvalue weighted by Crippen LogP contribution is -2.01. The number of hydrogen-bond acceptors (Lipinski definition) is 5. The first-order chi connectivity index (χ1) is 18.9. The first kappa shape index (κ1) is 23.5. The molecule has 1 aliphatic rings. The Kier molecular flexibility index (Phi) is 5.26. The van der Waals surface area contributed by atoms with Crippen LogP contribution in [0.1, 0.15) is 41.5 Å². The Morgan fingerprint density at radius 2 is 1.51 bits per heavy atom. The molecular weight excluding hydrogens is 526 g/mol. The lowest BCUT2D eigenvalue weighted by atomic mass is 10.0. The number of allylic oxidation sites excluding steroid dienone is 1. The molecule has 0 atom stereocenters. The third-order valence-electron chi connectivity index (χ3n) is 7.05. The molecule has 1 N–H and O–H groups in total. The van der Waals surface area contributed by atoms with Gasteiger partial charge in [-0.2, -0.15) is 0 Å². The summed E-state index contributed by atoms with van der Waals surface area (Å²) in [5, 5.41) is 12.5. The van der Waals surface area contributed by atoms with Crippen molar-refractivity contribution >= 4 is 68.1 Å². The van der Waals surface area contributed by atoms with E-state index in [4.69, 9.17) is 0 Å². The minimum Gasteiger partial charge on any atom is -0.478 e. The van der Waals surface area contributed by atoms with Gasteiger partial charge in [-0.05, 0) is 79.2 Å². The van der Waals surface area contributed by atoms with E-state index >= 15 is 0 Å². The van der Waals surface area contributed by atoms with Crippen LogP contribution in [0.25, 0.3) is 42.6 Å². The molecule has 0 bridgehead atoms. The summed E-state index contributed by atoms with van der Waals surface area (Å²) in [6.45, 7) is 2.11. The van der Waals surface area contributed by atoms with Crippen molar-refractivity contribution in [2.45, 2.75) is 6.92 Å². The quantitative estimate of drug-likeness (QED) is 0.180. The second-order valence-corrected chi connectivity index (χ2v) is 11.8. The molecule has 0 saturated carbocycles. The molecule has 5 nitrogen and oxygen atoms in total. The average molecular weight is 546 g/mol. The van der Waals surface area contributed by atoms with E-state index in [1.54, 1.807) is 28.7 Å². The van der Waals surface area contributed by atoms with Crippen LogP contribution < -0.4 is 0 Å². The molecule has 0 unspecified atom stereocenters. The zero-order valence-electron chi connectivity index (χ0n) is 20.6. The van der Waals surface area contributed by atoms with E-state index in [0.717, 1.165) is 32.4 Å². The maximum atomic E-state index is 13.1. The van der Waals surface area contributed by atoms with Gasteiger partial charge in [0, 0.05) is 36.5 Å². The van der Waals surface area contributed by atoms with E-state index in [2.05, 4.69) is 47.9 Å². The monoisotopic (exact) mass is 545 g/mol. The lowest BCUT2D eigenvalue weighted by molar-refractivity contribution is 0.0696. The van der Waals surface area contributed by atoms with Crippen LogP contribution in [0.5, 0.6) is 0 Å². The predicted octanol–water partition coefficient (Wildman–Crippen LogP) is 8.04. The second-order valence-electron chi connectivity index (χ2n) is 9.46. The number of benzene rings is 3. The zero-order valence-corrected chi connectivity index (χ0v) is 22.2. The van der Waals surface area contributed by atoms with Gasteiger partial charge < -0.3 is 9.67 Å². The van der Waals surface area contributed by atoms with Crippen LogP contribution >= 0.6 is 22.7 Å². The molecule has 0 spiro atoms. The van der Waals surface area contributed by atoms with Crippen molar-refractivity contribution in [2.75, 3.05) is 0 Å². The van der Waals surface area contributed by atoms with Crippen LogP contribution in [0.4, 0.5) is 0 Å². The largest absolute Gasteiger partial charge is 0.478 e. The van der Waals surface area contributed by atoms with E-state index in [9.17, 15) is 19.5 Å². The van der Waals surface area contributed by atoms with E-state index < -0.39 is 11.8 Å². The molecule has 0 amide bonds. The van der Waals surface area contributed by atoms with Crippen molar-refractivity contribution in [1.82, 2.24) is 4.57 Å². The SMILES string of the molecule is Cc1ccc(-c2ccc(-n3c4ccccc4c4cc(/C=C5/C(=O)c6ccc(C(=O)O)cc6C5=O)ccc43)s2)s1. The van der Waals surface area contributed by atoms with Crippen molar-refractivity contribution in [2.24, 2.45) is 0 Å². The van der Waals surface area contributed by atoms with Gasteiger partial charge in [-0.1, -0.05) is 24.3 Å². The normalized spacial score (nSPS) is 14.1. The number of carbonyl (C=O) groups is 3. The van der Waals surface area contributed by atoms with Gasteiger partial charge in [0.05, 0.1) is 22.2 Å². The topological polar surface area (TPSA) is 76.4 Å². The van der Waals surface area contributed by atoms with Crippen LogP contribution in [-0.2, 0) is 0 Å². The van der Waals surface area contributed by atoms with Gasteiger partial charge in [0.2, 0.25) is 0 Å². The number of rotatable bonds is 4. The van der Waals surface area contributed by atoms with Crippen molar-refractivity contribution in [3.8, 4) is 14.8 Å². The maximum Gasteiger partial charge on any atom is 0.335 e. The number of aromatic carboxylic acids is 1. The Morgan fingerprint density at radius 3 is 2.31 bits per heavy atom. The first-order valence-corrected chi connectivity index (χ1v) is 13.9. The van der Waals surface area contributed by atoms with Crippen molar-refractivity contribution in [1.29, 1.82) is 0 Å². The first-order valence-electron chi connectivity index (χ1n) is 12.3. The third-order valence-corrected chi connectivity index (χ3v) is 9.31. The molecule has 0 aliphatic heterocycles. The highest BCUT2D eigenvalue weighted by molar-refractivity contribution is 7.23.